The second-order valence-corrected chi connectivity index (χ2v) is 1.79. The molecule has 1 rings (SSSR count). The van der Waals surface area contributed by atoms with Crippen LogP contribution in [0.3, 0.4) is 0 Å². The maximum Gasteiger partial charge on any atom is 0.355 e. The lowest BCUT2D eigenvalue weighted by Gasteiger charge is -2.00. The van der Waals surface area contributed by atoms with Crippen LogP contribution in [0.4, 0.5) is 0 Å². The van der Waals surface area contributed by atoms with Crippen LogP contribution in [0.5, 0.6) is 0 Å². The summed E-state index contributed by atoms with van der Waals surface area (Å²) < 4.78 is 8.83. The Morgan fingerprint density at radius 3 is 2.80 bits per heavy atom. The normalized spacial score (nSPS) is 24.2. The van der Waals surface area contributed by atoms with E-state index in [1.807, 2.05) is 0 Å². The Morgan fingerprint density at radius 1 is 1.70 bits per heavy atom. The van der Waals surface area contributed by atoms with Gasteiger partial charge in [0.05, 0.1) is 12.7 Å². The van der Waals surface area contributed by atoms with Gasteiger partial charge >= 0.3 is 11.9 Å². The first kappa shape index (κ1) is 6.80. The van der Waals surface area contributed by atoms with Crippen molar-refractivity contribution in [3.63, 3.8) is 0 Å². The smallest absolute Gasteiger partial charge is 0.355 e. The number of carbonyl (C=O) groups excluding carboxylic acids is 2. The predicted molar refractivity (Wildman–Crippen MR) is 30.8 cm³/mol. The summed E-state index contributed by atoms with van der Waals surface area (Å²) in [6.45, 7) is 3.24. The molecule has 0 N–H and O–H groups in total. The predicted octanol–water partition coefficient (Wildman–Crippen LogP) is -0.0114. The summed E-state index contributed by atoms with van der Waals surface area (Å²) in [5, 5.41) is 0. The lowest BCUT2D eigenvalue weighted by molar-refractivity contribution is -0.154. The second kappa shape index (κ2) is 2.51. The quantitative estimate of drug-likeness (QED) is 0.309. The average Bonchev–Trinajstić information content (AvgIpc) is 2.13. The first-order valence-corrected chi connectivity index (χ1v) is 2.75. The Labute approximate surface area is 57.4 Å². The summed E-state index contributed by atoms with van der Waals surface area (Å²) in [5.74, 6) is -1.18. The van der Waals surface area contributed by atoms with E-state index in [0.717, 1.165) is 6.26 Å². The fourth-order valence-corrected chi connectivity index (χ4v) is 0.674. The maximum atomic E-state index is 10.6. The summed E-state index contributed by atoms with van der Waals surface area (Å²) in [6, 6.07) is 0. The summed E-state index contributed by atoms with van der Waals surface area (Å²) in [7, 11) is 0. The zero-order chi connectivity index (χ0) is 7.56. The van der Waals surface area contributed by atoms with Gasteiger partial charge in [0.1, 0.15) is 0 Å². The van der Waals surface area contributed by atoms with Gasteiger partial charge in [0, 0.05) is 0 Å². The highest BCUT2D eigenvalue weighted by Gasteiger charge is 2.34. The summed E-state index contributed by atoms with van der Waals surface area (Å²) in [5.41, 5.74) is 0. The minimum Gasteiger partial charge on any atom is -0.486 e. The molecule has 10 heavy (non-hydrogen) atoms. The van der Waals surface area contributed by atoms with Crippen molar-refractivity contribution in [3.05, 3.63) is 12.8 Å². The van der Waals surface area contributed by atoms with Gasteiger partial charge in [0.25, 0.3) is 0 Å². The monoisotopic (exact) mass is 142 g/mol. The van der Waals surface area contributed by atoms with Gasteiger partial charge in [0.2, 0.25) is 6.10 Å². The van der Waals surface area contributed by atoms with Gasteiger partial charge in [-0.15, -0.1) is 0 Å². The number of cyclic esters (lactones) is 2. The fourth-order valence-electron chi connectivity index (χ4n) is 0.674. The zero-order valence-corrected chi connectivity index (χ0v) is 5.20. The van der Waals surface area contributed by atoms with Crippen LogP contribution < -0.4 is 0 Å². The average molecular weight is 142 g/mol. The first-order valence-electron chi connectivity index (χ1n) is 2.75. The molecule has 1 unspecified atom stereocenters. The summed E-state index contributed by atoms with van der Waals surface area (Å²) >= 11 is 0. The second-order valence-electron chi connectivity index (χ2n) is 1.79. The van der Waals surface area contributed by atoms with E-state index in [1.54, 1.807) is 0 Å². The topological polar surface area (TPSA) is 52.6 Å². The van der Waals surface area contributed by atoms with E-state index in [0.29, 0.717) is 0 Å². The highest BCUT2D eigenvalue weighted by Crippen LogP contribution is 2.11. The molecule has 1 atom stereocenters. The van der Waals surface area contributed by atoms with Crippen molar-refractivity contribution in [2.24, 2.45) is 0 Å². The molecule has 1 heterocycles. The first-order chi connectivity index (χ1) is 4.74. The van der Waals surface area contributed by atoms with Gasteiger partial charge in [-0.1, -0.05) is 6.58 Å². The van der Waals surface area contributed by atoms with Crippen LogP contribution in [0.2, 0.25) is 0 Å². The third-order valence-electron chi connectivity index (χ3n) is 1.09. The standard InChI is InChI=1S/C6H6O4/c1-2-9-4-3-5(7)10-6(4)8/h2,4H,1,3H2. The molecule has 0 bridgehead atoms. The molecule has 1 fully saturated rings. The van der Waals surface area contributed by atoms with Crippen LogP contribution in [0.15, 0.2) is 12.8 Å². The van der Waals surface area contributed by atoms with Crippen LogP contribution in [0.25, 0.3) is 0 Å². The molecular formula is C6H6O4. The SMILES string of the molecule is C=COC1CC(=O)OC1=O. The molecule has 1 aliphatic heterocycles. The van der Waals surface area contributed by atoms with Gasteiger partial charge < -0.3 is 9.47 Å². The summed E-state index contributed by atoms with van der Waals surface area (Å²) in [6.07, 6.45) is 0.333. The van der Waals surface area contributed by atoms with Crippen LogP contribution in [0, 0.1) is 0 Å². The molecule has 0 aromatic heterocycles. The number of rotatable bonds is 2. The molecule has 0 radical (unpaired) electrons. The Balaban J connectivity index is 2.54. The Kier molecular flexibility index (Phi) is 1.71. The van der Waals surface area contributed by atoms with Crippen molar-refractivity contribution in [2.75, 3.05) is 0 Å². The van der Waals surface area contributed by atoms with E-state index >= 15 is 0 Å². The lowest BCUT2D eigenvalue weighted by Crippen LogP contribution is -2.15. The Hall–Kier alpha value is -1.32. The van der Waals surface area contributed by atoms with Crippen LogP contribution in [0.1, 0.15) is 6.42 Å². The van der Waals surface area contributed by atoms with Gasteiger partial charge in [-0.05, 0) is 0 Å². The summed E-state index contributed by atoms with van der Waals surface area (Å²) in [4.78, 5) is 20.9. The largest absolute Gasteiger partial charge is 0.486 e. The van der Waals surface area contributed by atoms with E-state index in [2.05, 4.69) is 16.1 Å². The maximum absolute atomic E-state index is 10.6. The van der Waals surface area contributed by atoms with Crippen molar-refractivity contribution in [1.29, 1.82) is 0 Å². The van der Waals surface area contributed by atoms with E-state index in [9.17, 15) is 9.59 Å². The zero-order valence-electron chi connectivity index (χ0n) is 5.20. The molecule has 1 saturated heterocycles. The third-order valence-corrected chi connectivity index (χ3v) is 1.09. The minimum atomic E-state index is -0.773. The van der Waals surface area contributed by atoms with Crippen LogP contribution in [-0.4, -0.2) is 18.0 Å². The van der Waals surface area contributed by atoms with Crippen LogP contribution >= 0.6 is 0 Å². The Morgan fingerprint density at radius 2 is 2.40 bits per heavy atom. The van der Waals surface area contributed by atoms with Crippen molar-refractivity contribution >= 4 is 11.9 Å². The van der Waals surface area contributed by atoms with E-state index in [-0.39, 0.29) is 6.42 Å². The van der Waals surface area contributed by atoms with Gasteiger partial charge in [-0.3, -0.25) is 4.79 Å². The highest BCUT2D eigenvalue weighted by molar-refractivity contribution is 5.96. The molecule has 54 valence electrons. The molecule has 0 spiro atoms. The number of hydrogen-bond acceptors (Lipinski definition) is 4. The molecule has 0 amide bonds. The van der Waals surface area contributed by atoms with E-state index in [1.165, 1.54) is 0 Å². The number of ether oxygens (including phenoxy) is 2. The van der Waals surface area contributed by atoms with Crippen molar-refractivity contribution in [2.45, 2.75) is 12.5 Å². The lowest BCUT2D eigenvalue weighted by atomic mass is 10.3. The van der Waals surface area contributed by atoms with Gasteiger partial charge in [-0.25, -0.2) is 4.79 Å². The molecule has 0 aliphatic carbocycles. The highest BCUT2D eigenvalue weighted by atomic mass is 16.6. The van der Waals surface area contributed by atoms with Crippen molar-refractivity contribution in [1.82, 2.24) is 0 Å². The molecule has 4 heteroatoms. The number of esters is 2. The van der Waals surface area contributed by atoms with Gasteiger partial charge in [0.15, 0.2) is 0 Å². The van der Waals surface area contributed by atoms with Crippen LogP contribution in [-0.2, 0) is 19.1 Å². The fraction of sp³-hybridized carbons (Fsp3) is 0.333. The molecule has 0 aromatic rings. The molecule has 4 nitrogen and oxygen atoms in total. The molecule has 0 aromatic carbocycles. The van der Waals surface area contributed by atoms with Gasteiger partial charge in [-0.2, -0.15) is 0 Å². The molecule has 0 saturated carbocycles. The Bertz CT molecular complexity index is 184. The molecule has 1 aliphatic rings. The van der Waals surface area contributed by atoms with E-state index < -0.39 is 18.0 Å². The number of carbonyl (C=O) groups is 2. The molecular weight excluding hydrogens is 136 g/mol. The number of hydrogen-bond donors (Lipinski definition) is 0. The minimum absolute atomic E-state index is 0.00907. The van der Waals surface area contributed by atoms with E-state index in [4.69, 9.17) is 0 Å². The van der Waals surface area contributed by atoms with Crippen molar-refractivity contribution < 1.29 is 19.1 Å². The third kappa shape index (κ3) is 1.15. The van der Waals surface area contributed by atoms with Crippen molar-refractivity contribution in [3.8, 4) is 0 Å².